The molecule has 0 amide bonds. The van der Waals surface area contributed by atoms with E-state index < -0.39 is 0 Å². The normalized spacial score (nSPS) is 23.0. The van der Waals surface area contributed by atoms with Crippen LogP contribution in [0.5, 0.6) is 0 Å². The summed E-state index contributed by atoms with van der Waals surface area (Å²) in [5, 5.41) is 0. The quantitative estimate of drug-likeness (QED) is 0.906. The maximum atomic E-state index is 6.07. The first-order valence-electron chi connectivity index (χ1n) is 7.64. The van der Waals surface area contributed by atoms with E-state index in [1.54, 1.807) is 0 Å². The van der Waals surface area contributed by atoms with Crippen molar-refractivity contribution in [1.82, 2.24) is 9.88 Å². The van der Waals surface area contributed by atoms with Gasteiger partial charge >= 0.3 is 0 Å². The molecular formula is C16H27N3. The Balaban J connectivity index is 2.20. The minimum atomic E-state index is 0.330. The van der Waals surface area contributed by atoms with Crippen LogP contribution in [0.1, 0.15) is 56.3 Å². The van der Waals surface area contributed by atoms with Crippen molar-refractivity contribution in [2.45, 2.75) is 58.0 Å². The first kappa shape index (κ1) is 14.5. The Morgan fingerprint density at radius 3 is 2.84 bits per heavy atom. The fourth-order valence-electron chi connectivity index (χ4n) is 3.19. The molecule has 19 heavy (non-hydrogen) atoms. The van der Waals surface area contributed by atoms with Crippen LogP contribution in [-0.4, -0.2) is 29.0 Å². The Bertz CT molecular complexity index is 374. The highest BCUT2D eigenvalue weighted by molar-refractivity contribution is 5.18. The highest BCUT2D eigenvalue weighted by Crippen LogP contribution is 2.28. The molecule has 1 saturated heterocycles. The molecule has 3 nitrogen and oxygen atoms in total. The van der Waals surface area contributed by atoms with Crippen molar-refractivity contribution in [2.24, 2.45) is 5.73 Å². The van der Waals surface area contributed by atoms with Crippen LogP contribution < -0.4 is 5.73 Å². The predicted octanol–water partition coefficient (Wildman–Crippen LogP) is 3.04. The third kappa shape index (κ3) is 3.54. The second-order valence-corrected chi connectivity index (χ2v) is 5.63. The lowest BCUT2D eigenvalue weighted by atomic mass is 10.0. The molecule has 0 radical (unpaired) electrons. The SMILES string of the molecule is CCC1CCCCCN1C(CN)c1ccc(C)nc1. The van der Waals surface area contributed by atoms with E-state index in [4.69, 9.17) is 5.73 Å². The summed E-state index contributed by atoms with van der Waals surface area (Å²) in [6.45, 7) is 6.18. The van der Waals surface area contributed by atoms with Gasteiger partial charge in [-0.05, 0) is 44.4 Å². The molecule has 3 heteroatoms. The topological polar surface area (TPSA) is 42.1 Å². The van der Waals surface area contributed by atoms with Crippen molar-refractivity contribution in [3.05, 3.63) is 29.6 Å². The molecule has 0 spiro atoms. The summed E-state index contributed by atoms with van der Waals surface area (Å²) in [6, 6.07) is 5.29. The first-order chi connectivity index (χ1) is 9.26. The summed E-state index contributed by atoms with van der Waals surface area (Å²) in [5.74, 6) is 0. The van der Waals surface area contributed by atoms with Crippen molar-refractivity contribution in [1.29, 1.82) is 0 Å². The highest BCUT2D eigenvalue weighted by atomic mass is 15.2. The maximum Gasteiger partial charge on any atom is 0.0488 e. The number of hydrogen-bond donors (Lipinski definition) is 1. The maximum absolute atomic E-state index is 6.07. The summed E-state index contributed by atoms with van der Waals surface area (Å²) < 4.78 is 0. The Hall–Kier alpha value is -0.930. The van der Waals surface area contributed by atoms with Crippen molar-refractivity contribution in [3.63, 3.8) is 0 Å². The zero-order valence-corrected chi connectivity index (χ0v) is 12.3. The summed E-state index contributed by atoms with van der Waals surface area (Å²) in [6.07, 6.45) is 8.55. The van der Waals surface area contributed by atoms with Crippen LogP contribution >= 0.6 is 0 Å². The van der Waals surface area contributed by atoms with Crippen LogP contribution in [0.25, 0.3) is 0 Å². The summed E-state index contributed by atoms with van der Waals surface area (Å²) >= 11 is 0. The van der Waals surface area contributed by atoms with Crippen molar-refractivity contribution in [2.75, 3.05) is 13.1 Å². The molecular weight excluding hydrogens is 234 g/mol. The number of likely N-dealkylation sites (tertiary alicyclic amines) is 1. The van der Waals surface area contributed by atoms with E-state index in [1.165, 1.54) is 44.2 Å². The Morgan fingerprint density at radius 1 is 1.37 bits per heavy atom. The van der Waals surface area contributed by atoms with Gasteiger partial charge in [0.25, 0.3) is 0 Å². The van der Waals surface area contributed by atoms with Crippen LogP contribution in [0.2, 0.25) is 0 Å². The number of aromatic nitrogens is 1. The number of rotatable bonds is 4. The molecule has 2 rings (SSSR count). The zero-order chi connectivity index (χ0) is 13.7. The second-order valence-electron chi connectivity index (χ2n) is 5.63. The molecule has 1 fully saturated rings. The minimum absolute atomic E-state index is 0.330. The standard InChI is InChI=1S/C16H27N3/c1-3-15-7-5-4-6-10-19(15)16(11-17)14-9-8-13(2)18-12-14/h8-9,12,15-16H,3-7,10-11,17H2,1-2H3. The molecule has 0 aromatic carbocycles. The molecule has 106 valence electrons. The molecule has 2 atom stereocenters. The molecule has 1 aromatic heterocycles. The fraction of sp³-hybridized carbons (Fsp3) is 0.688. The lowest BCUT2D eigenvalue weighted by molar-refractivity contribution is 0.135. The number of pyridine rings is 1. The van der Waals surface area contributed by atoms with Gasteiger partial charge in [0.1, 0.15) is 0 Å². The zero-order valence-electron chi connectivity index (χ0n) is 12.3. The average Bonchev–Trinajstić information content (AvgIpc) is 2.67. The van der Waals surface area contributed by atoms with E-state index in [1.807, 2.05) is 13.1 Å². The Morgan fingerprint density at radius 2 is 2.21 bits per heavy atom. The lowest BCUT2D eigenvalue weighted by Crippen LogP contribution is -2.41. The summed E-state index contributed by atoms with van der Waals surface area (Å²) in [4.78, 5) is 7.06. The summed E-state index contributed by atoms with van der Waals surface area (Å²) in [7, 11) is 0. The van der Waals surface area contributed by atoms with Crippen LogP contribution in [0.15, 0.2) is 18.3 Å². The Kier molecular flexibility index (Phi) is 5.34. The fourth-order valence-corrected chi connectivity index (χ4v) is 3.19. The van der Waals surface area contributed by atoms with E-state index in [2.05, 4.69) is 28.9 Å². The molecule has 2 heterocycles. The molecule has 0 aliphatic carbocycles. The van der Waals surface area contributed by atoms with Crippen molar-refractivity contribution >= 4 is 0 Å². The Labute approximate surface area is 117 Å². The van der Waals surface area contributed by atoms with Gasteiger partial charge in [-0.15, -0.1) is 0 Å². The molecule has 0 bridgehead atoms. The van der Waals surface area contributed by atoms with Crippen LogP contribution in [0.3, 0.4) is 0 Å². The third-order valence-corrected chi connectivity index (χ3v) is 4.34. The van der Waals surface area contributed by atoms with Crippen molar-refractivity contribution < 1.29 is 0 Å². The van der Waals surface area contributed by atoms with E-state index in [0.717, 1.165) is 5.69 Å². The average molecular weight is 261 g/mol. The van der Waals surface area contributed by atoms with Gasteiger partial charge in [-0.25, -0.2) is 0 Å². The van der Waals surface area contributed by atoms with Gasteiger partial charge < -0.3 is 5.73 Å². The third-order valence-electron chi connectivity index (χ3n) is 4.34. The van der Waals surface area contributed by atoms with Gasteiger partial charge in [0.15, 0.2) is 0 Å². The molecule has 0 saturated carbocycles. The highest BCUT2D eigenvalue weighted by Gasteiger charge is 2.26. The molecule has 2 N–H and O–H groups in total. The smallest absolute Gasteiger partial charge is 0.0488 e. The van der Waals surface area contributed by atoms with Gasteiger partial charge in [0, 0.05) is 30.5 Å². The molecule has 2 unspecified atom stereocenters. The predicted molar refractivity (Wildman–Crippen MR) is 80.0 cm³/mol. The van der Waals surface area contributed by atoms with E-state index >= 15 is 0 Å². The molecule has 1 aliphatic rings. The van der Waals surface area contributed by atoms with Gasteiger partial charge in [-0.3, -0.25) is 9.88 Å². The molecule has 1 aromatic rings. The number of nitrogens with two attached hydrogens (primary N) is 1. The van der Waals surface area contributed by atoms with E-state index in [-0.39, 0.29) is 0 Å². The lowest BCUT2D eigenvalue weighted by Gasteiger charge is -2.36. The van der Waals surface area contributed by atoms with E-state index in [9.17, 15) is 0 Å². The first-order valence-corrected chi connectivity index (χ1v) is 7.64. The van der Waals surface area contributed by atoms with Gasteiger partial charge in [-0.1, -0.05) is 25.8 Å². The van der Waals surface area contributed by atoms with Crippen molar-refractivity contribution in [3.8, 4) is 0 Å². The second kappa shape index (κ2) is 7.01. The minimum Gasteiger partial charge on any atom is -0.329 e. The van der Waals surface area contributed by atoms with Crippen LogP contribution in [0.4, 0.5) is 0 Å². The molecule has 1 aliphatic heterocycles. The summed E-state index contributed by atoms with van der Waals surface area (Å²) in [5.41, 5.74) is 8.42. The number of nitrogens with zero attached hydrogens (tertiary/aromatic N) is 2. The van der Waals surface area contributed by atoms with Gasteiger partial charge in [0.2, 0.25) is 0 Å². The van der Waals surface area contributed by atoms with Crippen LogP contribution in [-0.2, 0) is 0 Å². The number of aryl methyl sites for hydroxylation is 1. The number of hydrogen-bond acceptors (Lipinski definition) is 3. The van der Waals surface area contributed by atoms with Crippen LogP contribution in [0, 0.1) is 6.92 Å². The van der Waals surface area contributed by atoms with E-state index in [0.29, 0.717) is 18.6 Å². The van der Waals surface area contributed by atoms with Gasteiger partial charge in [0.05, 0.1) is 0 Å². The largest absolute Gasteiger partial charge is 0.329 e. The monoisotopic (exact) mass is 261 g/mol. The van der Waals surface area contributed by atoms with Gasteiger partial charge in [-0.2, -0.15) is 0 Å².